The number of alkyl halides is 3. The van der Waals surface area contributed by atoms with Crippen LogP contribution in [0.4, 0.5) is 24.5 Å². The van der Waals surface area contributed by atoms with E-state index in [1.807, 2.05) is 13.8 Å². The van der Waals surface area contributed by atoms with Crippen LogP contribution in [0, 0.1) is 5.39 Å². The molecule has 0 saturated heterocycles. The van der Waals surface area contributed by atoms with Crippen molar-refractivity contribution in [3.63, 3.8) is 0 Å². The van der Waals surface area contributed by atoms with Crippen molar-refractivity contribution in [3.05, 3.63) is 17.1 Å². The van der Waals surface area contributed by atoms with E-state index in [9.17, 15) is 18.0 Å². The molecule has 1 aromatic carbocycles. The van der Waals surface area contributed by atoms with E-state index >= 15 is 0 Å². The molecule has 0 saturated carbocycles. The zero-order valence-electron chi connectivity index (χ0n) is 14.0. The molecule has 26 heavy (non-hydrogen) atoms. The van der Waals surface area contributed by atoms with E-state index in [2.05, 4.69) is 10.3 Å². The summed E-state index contributed by atoms with van der Waals surface area (Å²) < 4.78 is 69.6. The first kappa shape index (κ1) is 23.4. The number of benzene rings is 1. The average Bonchev–Trinajstić information content (AvgIpc) is 2.48. The Morgan fingerprint density at radius 1 is 1.23 bits per heavy atom. The number of halogens is 3. The molecule has 0 radical (unpaired) electrons. The van der Waals surface area contributed by atoms with E-state index < -0.39 is 15.6 Å². The summed E-state index contributed by atoms with van der Waals surface area (Å²) in [7, 11) is -6.09. The summed E-state index contributed by atoms with van der Waals surface area (Å²) in [5.41, 5.74) is -4.90. The molecule has 0 bridgehead atoms. The molecular weight excluding hydrogens is 383 g/mol. The number of carbonyl (C=O) groups is 1. The summed E-state index contributed by atoms with van der Waals surface area (Å²) in [5, 5.41) is 11.6. The van der Waals surface area contributed by atoms with Crippen molar-refractivity contribution in [2.45, 2.75) is 26.3 Å². The fraction of sp³-hybridized carbons (Fsp3) is 0.462. The molecule has 0 aliphatic heterocycles. The summed E-state index contributed by atoms with van der Waals surface area (Å²) in [6, 6.07) is 3.09. The number of ether oxygens (including phenoxy) is 2. The maximum Gasteiger partial charge on any atom is 0.485 e. The largest absolute Gasteiger partial charge is 0.741 e. The number of nitrogens with zero attached hydrogens (tertiary/aromatic N) is 2. The van der Waals surface area contributed by atoms with E-state index in [0.29, 0.717) is 30.4 Å². The molecule has 13 heteroatoms. The van der Waals surface area contributed by atoms with Crippen LogP contribution < -0.4 is 14.8 Å². The van der Waals surface area contributed by atoms with Crippen molar-refractivity contribution in [1.29, 1.82) is 5.39 Å². The normalized spacial score (nSPS) is 10.8. The fourth-order valence-electron chi connectivity index (χ4n) is 1.46. The molecule has 0 spiro atoms. The second kappa shape index (κ2) is 9.78. The van der Waals surface area contributed by atoms with Crippen LogP contribution in [0.3, 0.4) is 0 Å². The molecule has 0 fully saturated rings. The smallest absolute Gasteiger partial charge is 0.485 e. The molecule has 0 heterocycles. The van der Waals surface area contributed by atoms with Gasteiger partial charge in [-0.3, -0.25) is 4.79 Å². The third kappa shape index (κ3) is 7.53. The maximum atomic E-state index is 11.1. The number of hydrogen-bond acceptors (Lipinski definition) is 7. The van der Waals surface area contributed by atoms with Gasteiger partial charge in [0.1, 0.15) is 0 Å². The van der Waals surface area contributed by atoms with E-state index in [1.54, 1.807) is 6.07 Å². The highest BCUT2D eigenvalue weighted by Gasteiger charge is 2.36. The van der Waals surface area contributed by atoms with E-state index in [0.717, 1.165) is 0 Å². The summed E-state index contributed by atoms with van der Waals surface area (Å²) >= 11 is 0. The van der Waals surface area contributed by atoms with Crippen LogP contribution in [0.15, 0.2) is 12.1 Å². The number of rotatable bonds is 5. The Labute approximate surface area is 147 Å². The second-order valence-electron chi connectivity index (χ2n) is 4.36. The Hall–Kier alpha value is -2.59. The third-order valence-electron chi connectivity index (χ3n) is 2.36. The predicted octanol–water partition coefficient (Wildman–Crippen LogP) is 2.98. The van der Waals surface area contributed by atoms with Crippen LogP contribution in [0.25, 0.3) is 4.98 Å². The van der Waals surface area contributed by atoms with Crippen LogP contribution in [-0.2, 0) is 14.9 Å². The third-order valence-corrected chi connectivity index (χ3v) is 2.93. The number of nitrogens with one attached hydrogen (secondary N) is 1. The van der Waals surface area contributed by atoms with Crippen LogP contribution in [0.2, 0.25) is 0 Å². The van der Waals surface area contributed by atoms with Crippen molar-refractivity contribution >= 4 is 27.4 Å². The Morgan fingerprint density at radius 3 is 2.04 bits per heavy atom. The summed E-state index contributed by atoms with van der Waals surface area (Å²) in [4.78, 5) is 14.2. The van der Waals surface area contributed by atoms with Gasteiger partial charge in [0.2, 0.25) is 17.0 Å². The van der Waals surface area contributed by atoms with Gasteiger partial charge in [-0.1, -0.05) is 0 Å². The Bertz CT molecular complexity index is 775. The fourth-order valence-corrected chi connectivity index (χ4v) is 1.46. The van der Waals surface area contributed by atoms with Gasteiger partial charge in [-0.2, -0.15) is 13.2 Å². The first-order valence-electron chi connectivity index (χ1n) is 6.95. The first-order valence-corrected chi connectivity index (χ1v) is 8.36. The summed E-state index contributed by atoms with van der Waals surface area (Å²) in [6.45, 7) is 5.90. The number of anilines is 1. The van der Waals surface area contributed by atoms with Gasteiger partial charge in [-0.05, 0) is 13.8 Å². The summed E-state index contributed by atoms with van der Waals surface area (Å²) in [6.07, 6.45) is 0. The van der Waals surface area contributed by atoms with Crippen molar-refractivity contribution in [1.82, 2.24) is 0 Å². The molecule has 1 N–H and O–H groups in total. The van der Waals surface area contributed by atoms with Gasteiger partial charge >= 0.3 is 11.2 Å². The van der Waals surface area contributed by atoms with E-state index in [-0.39, 0.29) is 11.6 Å². The Morgan fingerprint density at radius 2 is 1.69 bits per heavy atom. The lowest BCUT2D eigenvalue weighted by atomic mass is 10.2. The van der Waals surface area contributed by atoms with Crippen molar-refractivity contribution in [2.24, 2.45) is 0 Å². The number of hydrogen-bond donors (Lipinski definition) is 1. The molecule has 1 aromatic rings. The zero-order valence-corrected chi connectivity index (χ0v) is 14.8. The van der Waals surface area contributed by atoms with Crippen LogP contribution in [-0.4, -0.2) is 37.6 Å². The van der Waals surface area contributed by atoms with Gasteiger partial charge in [0, 0.05) is 13.0 Å². The molecule has 0 aliphatic carbocycles. The summed E-state index contributed by atoms with van der Waals surface area (Å²) in [5.74, 6) is 0.600. The van der Waals surface area contributed by atoms with Gasteiger partial charge < -0.3 is 19.3 Å². The second-order valence-corrected chi connectivity index (χ2v) is 5.73. The molecule has 0 aliphatic rings. The minimum Gasteiger partial charge on any atom is -0.741 e. The zero-order chi connectivity index (χ0) is 20.5. The number of amides is 1. The minimum atomic E-state index is -6.09. The standard InChI is InChI=1S/C12H15N3O3.CHF3O3S/c1-4-17-11-7-10(15-13)12(18-5-2)6-9(11)14-8(3)16;2-1(3,4)8(5,6)7/h6-7H,4-5H2,1-3H3;(H,5,6,7). The molecule has 0 unspecified atom stereocenters. The van der Waals surface area contributed by atoms with Gasteiger partial charge in [0.05, 0.1) is 25.0 Å². The van der Waals surface area contributed by atoms with Gasteiger partial charge in [0.15, 0.2) is 20.8 Å². The van der Waals surface area contributed by atoms with Crippen molar-refractivity contribution in [3.8, 4) is 11.5 Å². The van der Waals surface area contributed by atoms with E-state index in [1.165, 1.54) is 13.0 Å². The molecule has 1 rings (SSSR count). The van der Waals surface area contributed by atoms with Gasteiger partial charge in [0.25, 0.3) is 0 Å². The number of diazo groups is 1. The minimum absolute atomic E-state index is 0.216. The lowest BCUT2D eigenvalue weighted by Crippen LogP contribution is -2.21. The first-order chi connectivity index (χ1) is 11.9. The van der Waals surface area contributed by atoms with Crippen LogP contribution >= 0.6 is 0 Å². The highest BCUT2D eigenvalue weighted by molar-refractivity contribution is 7.86. The SMILES string of the molecule is CCOc1cc(NC(C)=O)c(OCC)cc1[N+]#N.O=S(=O)([O-])C(F)(F)F. The molecule has 1 amide bonds. The van der Waals surface area contributed by atoms with Gasteiger partial charge in [-0.15, -0.1) is 0 Å². The number of carbonyl (C=O) groups excluding carboxylic acids is 1. The van der Waals surface area contributed by atoms with Crippen LogP contribution in [0.5, 0.6) is 11.5 Å². The van der Waals surface area contributed by atoms with Crippen molar-refractivity contribution < 1.29 is 40.4 Å². The molecule has 0 atom stereocenters. The molecule has 146 valence electrons. The van der Waals surface area contributed by atoms with E-state index in [4.69, 9.17) is 27.8 Å². The Kier molecular flexibility index (Phi) is 8.81. The highest BCUT2D eigenvalue weighted by atomic mass is 32.2. The quantitative estimate of drug-likeness (QED) is 0.457. The lowest BCUT2D eigenvalue weighted by Gasteiger charge is -2.11. The monoisotopic (exact) mass is 399 g/mol. The molecule has 9 nitrogen and oxygen atoms in total. The Balaban J connectivity index is 0.000000660. The predicted molar refractivity (Wildman–Crippen MR) is 83.6 cm³/mol. The van der Waals surface area contributed by atoms with Gasteiger partial charge in [-0.25, -0.2) is 8.42 Å². The highest BCUT2D eigenvalue weighted by Crippen LogP contribution is 2.38. The lowest BCUT2D eigenvalue weighted by molar-refractivity contribution is -0.114. The molecule has 0 aromatic heterocycles. The molecular formula is C13H16F3N3O6S. The van der Waals surface area contributed by atoms with Crippen LogP contribution in [0.1, 0.15) is 20.8 Å². The maximum absolute atomic E-state index is 11.1. The topological polar surface area (TPSA) is 133 Å². The van der Waals surface area contributed by atoms with Crippen molar-refractivity contribution in [2.75, 3.05) is 18.5 Å². The average molecular weight is 399 g/mol.